The molecule has 1 aromatic heterocycles. The van der Waals surface area contributed by atoms with Crippen molar-refractivity contribution in [2.75, 3.05) is 0 Å². The molecule has 0 saturated carbocycles. The zero-order valence-electron chi connectivity index (χ0n) is 23.1. The van der Waals surface area contributed by atoms with Crippen molar-refractivity contribution in [2.24, 2.45) is 5.73 Å². The number of nitrogens with zero attached hydrogens (tertiary/aromatic N) is 1. The highest BCUT2D eigenvalue weighted by atomic mass is 19.1. The van der Waals surface area contributed by atoms with E-state index in [2.05, 4.69) is 15.6 Å². The van der Waals surface area contributed by atoms with Gasteiger partial charge in [0.25, 0.3) is 5.79 Å². The fourth-order valence-electron chi connectivity index (χ4n) is 4.08. The number of halogens is 1. The number of hydrogen-bond donors (Lipinski definition) is 5. The highest BCUT2D eigenvalue weighted by Gasteiger charge is 2.41. The lowest BCUT2D eigenvalue weighted by Gasteiger charge is -2.27. The maximum Gasteiger partial charge on any atom is 0.362 e. The van der Waals surface area contributed by atoms with Gasteiger partial charge >= 0.3 is 5.97 Å². The molecule has 0 saturated heterocycles. The molecule has 0 spiro atoms. The fourth-order valence-corrected chi connectivity index (χ4v) is 4.08. The maximum absolute atomic E-state index is 15.2. The average Bonchev–Trinajstić information content (AvgIpc) is 2.94. The number of carbonyl (C=O) groups is 4. The molecule has 0 radical (unpaired) electrons. The molecule has 10 nitrogen and oxygen atoms in total. The lowest BCUT2D eigenvalue weighted by molar-refractivity contribution is -0.157. The zero-order chi connectivity index (χ0) is 29.5. The van der Waals surface area contributed by atoms with Crippen molar-refractivity contribution < 1.29 is 28.7 Å². The van der Waals surface area contributed by atoms with Crippen LogP contribution in [0.4, 0.5) is 4.39 Å². The Morgan fingerprint density at radius 2 is 1.55 bits per heavy atom. The Bertz CT molecular complexity index is 1100. The van der Waals surface area contributed by atoms with Crippen molar-refractivity contribution in [2.45, 2.75) is 89.1 Å². The minimum Gasteiger partial charge on any atom is -0.477 e. The molecule has 2 rings (SSSR count). The van der Waals surface area contributed by atoms with Gasteiger partial charge < -0.3 is 26.8 Å². The summed E-state index contributed by atoms with van der Waals surface area (Å²) in [6, 6.07) is 9.02. The first-order valence-electron chi connectivity index (χ1n) is 13.6. The molecule has 3 amide bonds. The van der Waals surface area contributed by atoms with Crippen molar-refractivity contribution >= 4 is 23.7 Å². The predicted molar refractivity (Wildman–Crippen MR) is 149 cm³/mol. The SMILES string of the molecule is CCCC[C@H](NC(=O)[C@@H](N)Cc1cccnc1)C(=O)N[C@@H](Cc1ccccc1)C(=O)N[C@@](F)(CCCC)C(=O)O. The van der Waals surface area contributed by atoms with E-state index in [1.807, 2.05) is 12.2 Å². The Kier molecular flexibility index (Phi) is 13.2. The van der Waals surface area contributed by atoms with Crippen LogP contribution in [-0.2, 0) is 32.0 Å². The molecule has 218 valence electrons. The quantitative estimate of drug-likeness (QED) is 0.186. The van der Waals surface area contributed by atoms with Gasteiger partial charge in [-0.25, -0.2) is 9.18 Å². The highest BCUT2D eigenvalue weighted by molar-refractivity contribution is 5.94. The highest BCUT2D eigenvalue weighted by Crippen LogP contribution is 2.18. The molecule has 4 atom stereocenters. The number of unbranched alkanes of at least 4 members (excludes halogenated alkanes) is 2. The summed E-state index contributed by atoms with van der Waals surface area (Å²) in [4.78, 5) is 55.1. The van der Waals surface area contributed by atoms with Gasteiger partial charge in [-0.1, -0.05) is 69.5 Å². The van der Waals surface area contributed by atoms with Crippen molar-refractivity contribution in [1.29, 1.82) is 0 Å². The third-order valence-corrected chi connectivity index (χ3v) is 6.45. The number of carboxylic acid groups (broad SMARTS) is 1. The van der Waals surface area contributed by atoms with Crippen LogP contribution in [0.5, 0.6) is 0 Å². The van der Waals surface area contributed by atoms with Crippen LogP contribution in [0.2, 0.25) is 0 Å². The summed E-state index contributed by atoms with van der Waals surface area (Å²) in [5.74, 6) is -6.97. The molecule has 40 heavy (non-hydrogen) atoms. The van der Waals surface area contributed by atoms with Gasteiger partial charge in [-0.3, -0.25) is 19.4 Å². The van der Waals surface area contributed by atoms with Crippen LogP contribution in [0, 0.1) is 0 Å². The van der Waals surface area contributed by atoms with Crippen LogP contribution < -0.4 is 21.7 Å². The number of aromatic nitrogens is 1. The summed E-state index contributed by atoms with van der Waals surface area (Å²) < 4.78 is 15.2. The maximum atomic E-state index is 15.2. The van der Waals surface area contributed by atoms with Crippen LogP contribution in [0.1, 0.15) is 63.5 Å². The molecular formula is C29H40FN5O5. The Balaban J connectivity index is 2.22. The van der Waals surface area contributed by atoms with E-state index >= 15 is 4.39 Å². The van der Waals surface area contributed by atoms with Crippen LogP contribution in [0.3, 0.4) is 0 Å². The largest absolute Gasteiger partial charge is 0.477 e. The number of nitrogens with two attached hydrogens (primary N) is 1. The number of carbonyl (C=O) groups excluding carboxylic acids is 3. The van der Waals surface area contributed by atoms with E-state index in [1.54, 1.807) is 61.8 Å². The first-order valence-corrected chi connectivity index (χ1v) is 13.6. The number of hydrogen-bond acceptors (Lipinski definition) is 6. The van der Waals surface area contributed by atoms with Gasteiger partial charge in [-0.2, -0.15) is 0 Å². The van der Waals surface area contributed by atoms with E-state index in [0.717, 1.165) is 12.0 Å². The lowest BCUT2D eigenvalue weighted by atomic mass is 10.0. The predicted octanol–water partition coefficient (Wildman–Crippen LogP) is 2.41. The summed E-state index contributed by atoms with van der Waals surface area (Å²) in [5.41, 5.74) is 7.51. The standard InChI is InChI=1S/C29H40FN5O5/c1-3-5-14-23(33-25(36)22(31)17-21-13-10-16-32-19-21)26(37)34-24(18-20-11-8-7-9-12-20)27(38)35-29(30,28(39)40)15-6-4-2/h7-13,16,19,22-24H,3-6,14-15,17-18,31H2,1-2H3,(H,33,36)(H,34,37)(H,35,38)(H,39,40)/t22-,23-,24-,29-/m0/s1. The molecule has 0 aliphatic carbocycles. The van der Waals surface area contributed by atoms with E-state index in [9.17, 15) is 24.3 Å². The van der Waals surface area contributed by atoms with Crippen LogP contribution in [0.15, 0.2) is 54.9 Å². The number of amides is 3. The van der Waals surface area contributed by atoms with E-state index in [1.165, 1.54) is 0 Å². The first kappa shape index (κ1) is 32.4. The number of rotatable bonds is 17. The minimum absolute atomic E-state index is 0.0170. The third-order valence-electron chi connectivity index (χ3n) is 6.45. The molecule has 0 aliphatic heterocycles. The molecule has 0 unspecified atom stereocenters. The molecule has 1 heterocycles. The van der Waals surface area contributed by atoms with E-state index in [0.29, 0.717) is 18.4 Å². The molecule has 1 aromatic carbocycles. The smallest absolute Gasteiger partial charge is 0.362 e. The van der Waals surface area contributed by atoms with Gasteiger partial charge in [0.2, 0.25) is 17.7 Å². The molecular weight excluding hydrogens is 517 g/mol. The molecule has 11 heteroatoms. The van der Waals surface area contributed by atoms with Crippen molar-refractivity contribution in [1.82, 2.24) is 20.9 Å². The Morgan fingerprint density at radius 1 is 0.900 bits per heavy atom. The molecule has 2 aromatic rings. The Hall–Kier alpha value is -3.86. The second-order valence-electron chi connectivity index (χ2n) is 9.83. The van der Waals surface area contributed by atoms with Gasteiger partial charge in [0.15, 0.2) is 0 Å². The van der Waals surface area contributed by atoms with Crippen LogP contribution in [0.25, 0.3) is 0 Å². The number of alkyl halides is 1. The number of benzene rings is 1. The lowest BCUT2D eigenvalue weighted by Crippen LogP contribution is -2.60. The van der Waals surface area contributed by atoms with Crippen molar-refractivity contribution in [3.8, 4) is 0 Å². The van der Waals surface area contributed by atoms with Crippen molar-refractivity contribution in [3.05, 3.63) is 66.0 Å². The van der Waals surface area contributed by atoms with Crippen molar-refractivity contribution in [3.63, 3.8) is 0 Å². The van der Waals surface area contributed by atoms with Gasteiger partial charge in [-0.15, -0.1) is 0 Å². The Morgan fingerprint density at radius 3 is 2.15 bits per heavy atom. The van der Waals surface area contributed by atoms with E-state index in [-0.39, 0.29) is 25.7 Å². The van der Waals surface area contributed by atoms with E-state index < -0.39 is 54.0 Å². The van der Waals surface area contributed by atoms with Gasteiger partial charge in [-0.05, 0) is 36.5 Å². The second kappa shape index (κ2) is 16.3. The second-order valence-corrected chi connectivity index (χ2v) is 9.83. The number of carboxylic acids is 1. The molecule has 6 N–H and O–H groups in total. The zero-order valence-corrected chi connectivity index (χ0v) is 23.1. The molecule has 0 aliphatic rings. The fraction of sp³-hybridized carbons (Fsp3) is 0.483. The Labute approximate surface area is 234 Å². The summed E-state index contributed by atoms with van der Waals surface area (Å²) in [6.45, 7) is 3.70. The summed E-state index contributed by atoms with van der Waals surface area (Å²) in [7, 11) is 0. The van der Waals surface area contributed by atoms with Gasteiger partial charge in [0.1, 0.15) is 12.1 Å². The summed E-state index contributed by atoms with van der Waals surface area (Å²) in [6.07, 6.45) is 5.39. The summed E-state index contributed by atoms with van der Waals surface area (Å²) in [5, 5.41) is 16.7. The number of pyridine rings is 1. The monoisotopic (exact) mass is 557 g/mol. The van der Waals surface area contributed by atoms with Gasteiger partial charge in [0.05, 0.1) is 6.04 Å². The molecule has 0 bridgehead atoms. The first-order chi connectivity index (χ1) is 19.1. The average molecular weight is 558 g/mol. The van der Waals surface area contributed by atoms with Gasteiger partial charge in [0, 0.05) is 25.2 Å². The minimum atomic E-state index is -2.98. The topological polar surface area (TPSA) is 164 Å². The van der Waals surface area contributed by atoms with E-state index in [4.69, 9.17) is 5.73 Å². The molecule has 0 fully saturated rings. The number of nitrogens with one attached hydrogen (secondary N) is 3. The normalized spacial score (nSPS) is 14.7. The number of aliphatic carboxylic acids is 1. The summed E-state index contributed by atoms with van der Waals surface area (Å²) >= 11 is 0. The van der Waals surface area contributed by atoms with Crippen LogP contribution in [-0.4, -0.2) is 57.7 Å². The van der Waals surface area contributed by atoms with Crippen LogP contribution >= 0.6 is 0 Å². The third kappa shape index (κ3) is 10.4.